The van der Waals surface area contributed by atoms with E-state index in [-0.39, 0.29) is 17.6 Å². The van der Waals surface area contributed by atoms with Crippen LogP contribution in [0.2, 0.25) is 0 Å². The first-order valence-corrected chi connectivity index (χ1v) is 7.29. The van der Waals surface area contributed by atoms with Crippen LogP contribution < -0.4 is 0 Å². The maximum Gasteiger partial charge on any atom is 0.228 e. The van der Waals surface area contributed by atoms with Crippen molar-refractivity contribution < 1.29 is 9.90 Å². The van der Waals surface area contributed by atoms with Crippen molar-refractivity contribution in [2.45, 2.75) is 51.7 Å². The van der Waals surface area contributed by atoms with Crippen LogP contribution in [-0.4, -0.2) is 34.1 Å². The molecule has 1 atom stereocenters. The van der Waals surface area contributed by atoms with Gasteiger partial charge in [0.2, 0.25) is 5.91 Å². The summed E-state index contributed by atoms with van der Waals surface area (Å²) in [6.45, 7) is 6.67. The zero-order valence-electron chi connectivity index (χ0n) is 11.3. The van der Waals surface area contributed by atoms with Crippen LogP contribution in [0.15, 0.2) is 11.4 Å². The fourth-order valence-electron chi connectivity index (χ4n) is 2.46. The summed E-state index contributed by atoms with van der Waals surface area (Å²) < 4.78 is 0. The van der Waals surface area contributed by atoms with E-state index in [1.165, 1.54) is 5.56 Å². The van der Waals surface area contributed by atoms with Gasteiger partial charge < -0.3 is 10.0 Å². The summed E-state index contributed by atoms with van der Waals surface area (Å²) >= 11 is 1.63. The molecular formula is C14H21NO2S. The van der Waals surface area contributed by atoms with Crippen LogP contribution >= 0.6 is 11.3 Å². The molecule has 2 heterocycles. The van der Waals surface area contributed by atoms with E-state index in [1.807, 2.05) is 23.3 Å². The Morgan fingerprint density at radius 3 is 2.94 bits per heavy atom. The second kappa shape index (κ2) is 5.02. The third kappa shape index (κ3) is 2.75. The molecule has 1 N–H and O–H groups in total. The van der Waals surface area contributed by atoms with Gasteiger partial charge in [-0.3, -0.25) is 4.79 Å². The molecule has 0 aliphatic carbocycles. The summed E-state index contributed by atoms with van der Waals surface area (Å²) in [7, 11) is 0. The Bertz CT molecular complexity index is 439. The average Bonchev–Trinajstić information content (AvgIpc) is 2.68. The van der Waals surface area contributed by atoms with Gasteiger partial charge in [0, 0.05) is 17.0 Å². The molecule has 2 rings (SSSR count). The highest BCUT2D eigenvalue weighted by Crippen LogP contribution is 2.29. The number of hydrogen-bond donors (Lipinski definition) is 1. The number of thiophene rings is 1. The minimum Gasteiger partial charge on any atom is -0.391 e. The summed E-state index contributed by atoms with van der Waals surface area (Å²) in [5.41, 5.74) is 1.05. The number of rotatable bonds is 2. The molecule has 18 heavy (non-hydrogen) atoms. The van der Waals surface area contributed by atoms with Gasteiger partial charge in [0.1, 0.15) is 0 Å². The number of β-amino-alcohol motifs (C(OH)–C–C–N with tert-alkyl or cyclic N) is 1. The number of carbonyl (C=O) groups excluding carboxylic acids is 1. The standard InChI is InChI=1S/C14H21NO2S/c1-10-5-7-18-12(10)8-13(17)15-9-11(16)4-6-14(15,2)3/h5,7,11,16H,4,6,8-9H2,1-3H3. The Labute approximate surface area is 112 Å². The molecule has 1 aliphatic rings. The molecule has 1 aromatic heterocycles. The van der Waals surface area contributed by atoms with Crippen molar-refractivity contribution in [1.82, 2.24) is 4.90 Å². The summed E-state index contributed by atoms with van der Waals surface area (Å²) in [5, 5.41) is 11.8. The van der Waals surface area contributed by atoms with Gasteiger partial charge in [-0.25, -0.2) is 0 Å². The summed E-state index contributed by atoms with van der Waals surface area (Å²) in [4.78, 5) is 15.4. The monoisotopic (exact) mass is 267 g/mol. The van der Waals surface area contributed by atoms with Gasteiger partial charge in [-0.2, -0.15) is 0 Å². The zero-order valence-corrected chi connectivity index (χ0v) is 12.1. The first-order valence-electron chi connectivity index (χ1n) is 6.41. The lowest BCUT2D eigenvalue weighted by atomic mass is 9.88. The predicted molar refractivity (Wildman–Crippen MR) is 73.8 cm³/mol. The highest BCUT2D eigenvalue weighted by Gasteiger charge is 2.36. The molecule has 0 saturated carbocycles. The third-order valence-corrected chi connectivity index (χ3v) is 4.82. The number of hydrogen-bond acceptors (Lipinski definition) is 3. The maximum atomic E-state index is 12.4. The third-order valence-electron chi connectivity index (χ3n) is 3.79. The lowest BCUT2D eigenvalue weighted by molar-refractivity contribution is -0.141. The van der Waals surface area contributed by atoms with E-state index < -0.39 is 0 Å². The predicted octanol–water partition coefficient (Wildman–Crippen LogP) is 2.36. The number of likely N-dealkylation sites (tertiary alicyclic amines) is 1. The molecule has 0 bridgehead atoms. The number of aryl methyl sites for hydroxylation is 1. The Morgan fingerprint density at radius 2 is 2.33 bits per heavy atom. The van der Waals surface area contributed by atoms with Crippen LogP contribution in [0.25, 0.3) is 0 Å². The van der Waals surface area contributed by atoms with E-state index in [2.05, 4.69) is 13.8 Å². The van der Waals surface area contributed by atoms with Crippen molar-refractivity contribution >= 4 is 17.2 Å². The van der Waals surface area contributed by atoms with Gasteiger partial charge in [-0.1, -0.05) is 0 Å². The largest absolute Gasteiger partial charge is 0.391 e. The Morgan fingerprint density at radius 1 is 1.61 bits per heavy atom. The first-order chi connectivity index (χ1) is 8.40. The molecule has 0 radical (unpaired) electrons. The van der Waals surface area contributed by atoms with Crippen molar-refractivity contribution in [2.75, 3.05) is 6.54 Å². The van der Waals surface area contributed by atoms with Crippen molar-refractivity contribution in [3.05, 3.63) is 21.9 Å². The van der Waals surface area contributed by atoms with Crippen molar-refractivity contribution in [3.63, 3.8) is 0 Å². The van der Waals surface area contributed by atoms with Crippen molar-refractivity contribution in [3.8, 4) is 0 Å². The van der Waals surface area contributed by atoms with Gasteiger partial charge in [-0.05, 0) is 50.6 Å². The van der Waals surface area contributed by atoms with Crippen LogP contribution in [0.5, 0.6) is 0 Å². The van der Waals surface area contributed by atoms with Crippen molar-refractivity contribution in [1.29, 1.82) is 0 Å². The van der Waals surface area contributed by atoms with Crippen LogP contribution in [0.4, 0.5) is 0 Å². The molecule has 1 fully saturated rings. The van der Waals surface area contributed by atoms with E-state index in [1.54, 1.807) is 11.3 Å². The molecule has 1 aliphatic heterocycles. The van der Waals surface area contributed by atoms with Gasteiger partial charge in [-0.15, -0.1) is 11.3 Å². The van der Waals surface area contributed by atoms with Gasteiger partial charge >= 0.3 is 0 Å². The molecule has 3 nitrogen and oxygen atoms in total. The zero-order chi connectivity index (χ0) is 13.3. The molecule has 1 unspecified atom stereocenters. The number of piperidine rings is 1. The van der Waals surface area contributed by atoms with Gasteiger partial charge in [0.25, 0.3) is 0 Å². The number of aliphatic hydroxyl groups excluding tert-OH is 1. The van der Waals surface area contributed by atoms with E-state index in [4.69, 9.17) is 0 Å². The minimum absolute atomic E-state index is 0.129. The van der Waals surface area contributed by atoms with E-state index in [9.17, 15) is 9.90 Å². The van der Waals surface area contributed by atoms with Crippen LogP contribution in [0, 0.1) is 6.92 Å². The van der Waals surface area contributed by atoms with Crippen molar-refractivity contribution in [2.24, 2.45) is 0 Å². The molecular weight excluding hydrogens is 246 g/mol. The molecule has 4 heteroatoms. The first kappa shape index (κ1) is 13.6. The number of nitrogens with zero attached hydrogens (tertiary/aromatic N) is 1. The van der Waals surface area contributed by atoms with E-state index in [0.717, 1.165) is 17.7 Å². The molecule has 0 spiro atoms. The second-order valence-corrected chi connectivity index (χ2v) is 6.71. The minimum atomic E-state index is -0.369. The Kier molecular flexibility index (Phi) is 3.78. The number of amides is 1. The van der Waals surface area contributed by atoms with Crippen LogP contribution in [-0.2, 0) is 11.2 Å². The quantitative estimate of drug-likeness (QED) is 0.893. The Balaban J connectivity index is 2.10. The summed E-state index contributed by atoms with van der Waals surface area (Å²) in [5.74, 6) is 0.129. The normalized spacial score (nSPS) is 23.1. The summed E-state index contributed by atoms with van der Waals surface area (Å²) in [6.07, 6.45) is 1.74. The maximum absolute atomic E-state index is 12.4. The molecule has 1 aromatic rings. The highest BCUT2D eigenvalue weighted by atomic mass is 32.1. The SMILES string of the molecule is Cc1ccsc1CC(=O)N1CC(O)CCC1(C)C. The summed E-state index contributed by atoms with van der Waals surface area (Å²) in [6, 6.07) is 2.05. The number of carbonyl (C=O) groups is 1. The molecule has 1 amide bonds. The highest BCUT2D eigenvalue weighted by molar-refractivity contribution is 7.10. The fraction of sp³-hybridized carbons (Fsp3) is 0.643. The van der Waals surface area contributed by atoms with E-state index in [0.29, 0.717) is 13.0 Å². The topological polar surface area (TPSA) is 40.5 Å². The van der Waals surface area contributed by atoms with Gasteiger partial charge in [0.05, 0.1) is 12.5 Å². The molecule has 100 valence electrons. The van der Waals surface area contributed by atoms with Crippen LogP contribution in [0.3, 0.4) is 0 Å². The Hall–Kier alpha value is -0.870. The average molecular weight is 267 g/mol. The smallest absolute Gasteiger partial charge is 0.228 e. The molecule has 0 aromatic carbocycles. The lowest BCUT2D eigenvalue weighted by Crippen LogP contribution is -2.55. The molecule has 1 saturated heterocycles. The van der Waals surface area contributed by atoms with Gasteiger partial charge in [0.15, 0.2) is 0 Å². The van der Waals surface area contributed by atoms with E-state index >= 15 is 0 Å². The fourth-order valence-corrected chi connectivity index (χ4v) is 3.36. The van der Waals surface area contributed by atoms with Crippen LogP contribution in [0.1, 0.15) is 37.1 Å². The lowest BCUT2D eigenvalue weighted by Gasteiger charge is -2.44. The number of aliphatic hydroxyl groups is 1. The second-order valence-electron chi connectivity index (χ2n) is 5.71.